The number of nitrogens with one attached hydrogen (secondary N) is 1. The molecule has 1 amide bonds. The van der Waals surface area contributed by atoms with Crippen molar-refractivity contribution in [2.75, 3.05) is 0 Å². The van der Waals surface area contributed by atoms with Gasteiger partial charge in [0, 0.05) is 29.9 Å². The summed E-state index contributed by atoms with van der Waals surface area (Å²) in [6.45, 7) is 8.74. The smallest absolute Gasteiger partial charge is 0.254 e. The molecule has 0 bridgehead atoms. The highest BCUT2D eigenvalue weighted by Crippen LogP contribution is 2.34. The van der Waals surface area contributed by atoms with E-state index in [1.54, 1.807) is 18.5 Å². The summed E-state index contributed by atoms with van der Waals surface area (Å²) in [6, 6.07) is 16.7. The molecule has 0 saturated heterocycles. The second kappa shape index (κ2) is 11.2. The molecule has 0 atom stereocenters. The van der Waals surface area contributed by atoms with Gasteiger partial charge in [0.2, 0.25) is 0 Å². The molecule has 2 aromatic carbocycles. The monoisotopic (exact) mass is 485 g/mol. The van der Waals surface area contributed by atoms with Crippen LogP contribution in [0.15, 0.2) is 73.1 Å². The van der Waals surface area contributed by atoms with Crippen LogP contribution in [0.4, 0.5) is 4.39 Å². The van der Waals surface area contributed by atoms with Gasteiger partial charge < -0.3 is 14.6 Å². The summed E-state index contributed by atoms with van der Waals surface area (Å²) in [6.07, 6.45) is 5.86. The molecule has 2 aromatic heterocycles. The molecule has 4 aromatic rings. The Morgan fingerprint density at radius 2 is 2.00 bits per heavy atom. The number of hydrogen-bond acceptors (Lipinski definition) is 3. The second-order valence-corrected chi connectivity index (χ2v) is 9.05. The fourth-order valence-corrected chi connectivity index (χ4v) is 4.49. The molecule has 4 rings (SSSR count). The highest BCUT2D eigenvalue weighted by Gasteiger charge is 2.25. The van der Waals surface area contributed by atoms with Crippen LogP contribution in [0.1, 0.15) is 66.5 Å². The van der Waals surface area contributed by atoms with Gasteiger partial charge in [0.1, 0.15) is 11.6 Å². The maximum Gasteiger partial charge on any atom is 0.254 e. The normalized spacial score (nSPS) is 11.5. The Bertz CT molecular complexity index is 1390. The predicted octanol–water partition coefficient (Wildman–Crippen LogP) is 6.75. The van der Waals surface area contributed by atoms with Crippen molar-refractivity contribution >= 4 is 16.8 Å². The van der Waals surface area contributed by atoms with Crippen molar-refractivity contribution in [3.63, 3.8) is 0 Å². The van der Waals surface area contributed by atoms with Crippen LogP contribution >= 0.6 is 0 Å². The van der Waals surface area contributed by atoms with Gasteiger partial charge in [0.05, 0.1) is 29.6 Å². The molecule has 0 saturated carbocycles. The number of aromatic nitrogens is 2. The number of ether oxygens (including phenoxy) is 1. The minimum absolute atomic E-state index is 0.0723. The Labute approximate surface area is 211 Å². The maximum atomic E-state index is 14.3. The molecule has 0 unspecified atom stereocenters. The van der Waals surface area contributed by atoms with E-state index in [9.17, 15) is 9.18 Å². The highest BCUT2D eigenvalue weighted by molar-refractivity contribution is 6.09. The fourth-order valence-electron chi connectivity index (χ4n) is 4.49. The van der Waals surface area contributed by atoms with Crippen LogP contribution in [0.2, 0.25) is 0 Å². The van der Waals surface area contributed by atoms with Gasteiger partial charge in [-0.05, 0) is 60.7 Å². The van der Waals surface area contributed by atoms with E-state index < -0.39 is 0 Å². The van der Waals surface area contributed by atoms with Gasteiger partial charge in [-0.1, -0.05) is 45.0 Å². The largest absolute Gasteiger partial charge is 0.465 e. The molecule has 2 heterocycles. The summed E-state index contributed by atoms with van der Waals surface area (Å²) in [5, 5.41) is 3.86. The first-order valence-corrected chi connectivity index (χ1v) is 12.3. The molecule has 186 valence electrons. The lowest BCUT2D eigenvalue weighted by Gasteiger charge is -2.15. The lowest BCUT2D eigenvalue weighted by molar-refractivity contribution is 0.0951. The van der Waals surface area contributed by atoms with Gasteiger partial charge in [0.25, 0.3) is 5.91 Å². The van der Waals surface area contributed by atoms with Crippen LogP contribution < -0.4 is 10.1 Å². The first-order chi connectivity index (χ1) is 17.4. The molecule has 0 aliphatic rings. The van der Waals surface area contributed by atoms with Crippen LogP contribution in [0.3, 0.4) is 0 Å². The van der Waals surface area contributed by atoms with Gasteiger partial charge in [-0.2, -0.15) is 0 Å². The van der Waals surface area contributed by atoms with E-state index in [1.165, 1.54) is 6.07 Å². The van der Waals surface area contributed by atoms with Crippen LogP contribution in [-0.4, -0.2) is 15.5 Å². The Morgan fingerprint density at radius 1 is 1.17 bits per heavy atom. The number of hydrogen-bond donors (Lipinski definition) is 1. The number of fused-ring (bicyclic) bond motifs is 1. The number of pyridine rings is 1. The van der Waals surface area contributed by atoms with E-state index in [0.29, 0.717) is 29.8 Å². The maximum absolute atomic E-state index is 14.3. The average molecular weight is 486 g/mol. The third-order valence-corrected chi connectivity index (χ3v) is 6.19. The van der Waals surface area contributed by atoms with Crippen LogP contribution in [0, 0.1) is 5.82 Å². The van der Waals surface area contributed by atoms with E-state index in [4.69, 9.17) is 4.74 Å². The summed E-state index contributed by atoms with van der Waals surface area (Å²) in [5.41, 5.74) is 4.73. The Kier molecular flexibility index (Phi) is 7.84. The van der Waals surface area contributed by atoms with Gasteiger partial charge in [-0.15, -0.1) is 0 Å². The third-order valence-electron chi connectivity index (χ3n) is 6.19. The number of aryl methyl sites for hydroxylation is 1. The molecular weight excluding hydrogens is 453 g/mol. The SMILES string of the molecule is C/C=C\Oc1ccc2c(C(=O)NCc3ccc(CC)c(F)c3)c(C(C)C)n(Cc3ccccn3)c2c1. The van der Waals surface area contributed by atoms with Gasteiger partial charge in [-0.25, -0.2) is 4.39 Å². The molecule has 0 aliphatic heterocycles. The van der Waals surface area contributed by atoms with E-state index >= 15 is 0 Å². The minimum atomic E-state index is -0.243. The van der Waals surface area contributed by atoms with E-state index in [-0.39, 0.29) is 24.2 Å². The number of carbonyl (C=O) groups is 1. The quantitative estimate of drug-likeness (QED) is 0.267. The Hall–Kier alpha value is -3.93. The van der Waals surface area contributed by atoms with Crippen molar-refractivity contribution in [1.82, 2.24) is 14.9 Å². The van der Waals surface area contributed by atoms with Crippen molar-refractivity contribution in [1.29, 1.82) is 0 Å². The molecule has 36 heavy (non-hydrogen) atoms. The van der Waals surface area contributed by atoms with Crippen molar-refractivity contribution in [2.45, 2.75) is 53.1 Å². The summed E-state index contributed by atoms with van der Waals surface area (Å²) in [4.78, 5) is 18.1. The predicted molar refractivity (Wildman–Crippen MR) is 142 cm³/mol. The average Bonchev–Trinajstić information content (AvgIpc) is 3.20. The number of rotatable bonds is 9. The molecule has 0 fully saturated rings. The molecule has 0 radical (unpaired) electrons. The highest BCUT2D eigenvalue weighted by atomic mass is 19.1. The van der Waals surface area contributed by atoms with Gasteiger partial charge in [-0.3, -0.25) is 9.78 Å². The number of halogens is 1. The van der Waals surface area contributed by atoms with Crippen molar-refractivity contribution < 1.29 is 13.9 Å². The zero-order valence-electron chi connectivity index (χ0n) is 21.2. The van der Waals surface area contributed by atoms with Crippen LogP contribution in [-0.2, 0) is 19.5 Å². The first kappa shape index (κ1) is 25.2. The molecule has 0 aliphatic carbocycles. The Balaban J connectivity index is 1.76. The molecular formula is C30H32FN3O2. The molecule has 0 spiro atoms. The van der Waals surface area contributed by atoms with Gasteiger partial charge in [0.15, 0.2) is 0 Å². The number of carbonyl (C=O) groups excluding carboxylic acids is 1. The molecule has 6 heteroatoms. The van der Waals surface area contributed by atoms with Crippen LogP contribution in [0.25, 0.3) is 10.9 Å². The van der Waals surface area contributed by atoms with Gasteiger partial charge >= 0.3 is 0 Å². The van der Waals surface area contributed by atoms with E-state index in [2.05, 4.69) is 28.7 Å². The summed E-state index contributed by atoms with van der Waals surface area (Å²) in [5.74, 6) is 0.329. The zero-order valence-corrected chi connectivity index (χ0v) is 21.2. The number of benzene rings is 2. The molecule has 1 N–H and O–H groups in total. The fraction of sp³-hybridized carbons (Fsp3) is 0.267. The minimum Gasteiger partial charge on any atom is -0.465 e. The first-order valence-electron chi connectivity index (χ1n) is 12.3. The zero-order chi connectivity index (χ0) is 25.7. The number of allylic oxidation sites excluding steroid dienone is 1. The summed E-state index contributed by atoms with van der Waals surface area (Å²) in [7, 11) is 0. The standard InChI is InChI=1S/C30H32FN3O2/c1-5-15-36-24-12-13-25-27(17-24)34(19-23-9-7-8-14-32-23)29(20(3)4)28(25)30(35)33-18-21-10-11-22(6-2)26(31)16-21/h5,7-17,20H,6,18-19H2,1-4H3,(H,33,35)/b15-5-. The lowest BCUT2D eigenvalue weighted by Crippen LogP contribution is -2.24. The van der Waals surface area contributed by atoms with Crippen molar-refractivity contribution in [3.8, 4) is 5.75 Å². The van der Waals surface area contributed by atoms with Crippen LogP contribution in [0.5, 0.6) is 5.75 Å². The number of amides is 1. The topological polar surface area (TPSA) is 56.1 Å². The molecule has 5 nitrogen and oxygen atoms in total. The van der Waals surface area contributed by atoms with Crippen molar-refractivity contribution in [2.24, 2.45) is 0 Å². The van der Waals surface area contributed by atoms with Crippen molar-refractivity contribution in [3.05, 3.63) is 107 Å². The number of nitrogens with zero attached hydrogens (tertiary/aromatic N) is 2. The van der Waals surface area contributed by atoms with E-state index in [0.717, 1.165) is 27.9 Å². The second-order valence-electron chi connectivity index (χ2n) is 9.05. The van der Waals surface area contributed by atoms with E-state index in [1.807, 2.05) is 62.4 Å². The summed E-state index contributed by atoms with van der Waals surface area (Å²) >= 11 is 0. The summed E-state index contributed by atoms with van der Waals surface area (Å²) < 4.78 is 22.2. The lowest BCUT2D eigenvalue weighted by atomic mass is 10.0. The third kappa shape index (κ3) is 5.33. The Morgan fingerprint density at radius 3 is 2.67 bits per heavy atom.